The molecule has 0 atom stereocenters. The third kappa shape index (κ3) is 3.77. The number of amidine groups is 1. The van der Waals surface area contributed by atoms with E-state index in [1.807, 2.05) is 0 Å². The number of nitrogens with one attached hydrogen (secondary N) is 1. The molecule has 0 amide bonds. The summed E-state index contributed by atoms with van der Waals surface area (Å²) in [6, 6.07) is 0. The Balaban J connectivity index is 2.28. The first-order valence-electron chi connectivity index (χ1n) is 4.39. The average Bonchev–Trinajstić information content (AvgIpc) is 2.28. The van der Waals surface area contributed by atoms with Gasteiger partial charge in [0.2, 0.25) is 0 Å². The van der Waals surface area contributed by atoms with Crippen LogP contribution in [0.4, 0.5) is 0 Å². The molecule has 12 heavy (non-hydrogen) atoms. The second-order valence-electron chi connectivity index (χ2n) is 3.01. The van der Waals surface area contributed by atoms with Crippen LogP contribution in [0.3, 0.4) is 0 Å². The summed E-state index contributed by atoms with van der Waals surface area (Å²) < 4.78 is 0. The second kappa shape index (κ2) is 5.20. The SMILES string of the molecule is C=C(Cl)CNC1=NCCCCC1. The Labute approximate surface area is 78.7 Å². The van der Waals surface area contributed by atoms with Gasteiger partial charge in [0.15, 0.2) is 0 Å². The average molecular weight is 187 g/mol. The molecule has 0 saturated heterocycles. The minimum absolute atomic E-state index is 0.639. The first-order valence-corrected chi connectivity index (χ1v) is 4.77. The molecule has 1 heterocycles. The van der Waals surface area contributed by atoms with Crippen LogP contribution in [-0.2, 0) is 0 Å². The highest BCUT2D eigenvalue weighted by atomic mass is 35.5. The van der Waals surface area contributed by atoms with Crippen LogP contribution in [0.5, 0.6) is 0 Å². The van der Waals surface area contributed by atoms with Crippen LogP contribution in [0.15, 0.2) is 16.6 Å². The molecule has 0 saturated carbocycles. The van der Waals surface area contributed by atoms with Gasteiger partial charge in [-0.3, -0.25) is 4.99 Å². The van der Waals surface area contributed by atoms with Crippen molar-refractivity contribution in [1.29, 1.82) is 0 Å². The van der Waals surface area contributed by atoms with Gasteiger partial charge < -0.3 is 5.32 Å². The molecule has 0 aliphatic carbocycles. The lowest BCUT2D eigenvalue weighted by Gasteiger charge is -2.06. The minimum atomic E-state index is 0.639. The van der Waals surface area contributed by atoms with E-state index in [2.05, 4.69) is 16.9 Å². The van der Waals surface area contributed by atoms with Crippen LogP contribution in [0.25, 0.3) is 0 Å². The molecular formula is C9H15ClN2. The van der Waals surface area contributed by atoms with Crippen molar-refractivity contribution in [2.24, 2.45) is 4.99 Å². The summed E-state index contributed by atoms with van der Waals surface area (Å²) in [6.45, 7) is 5.21. The Morgan fingerprint density at radius 2 is 2.33 bits per heavy atom. The molecule has 0 radical (unpaired) electrons. The van der Waals surface area contributed by atoms with Crippen molar-refractivity contribution in [1.82, 2.24) is 5.32 Å². The highest BCUT2D eigenvalue weighted by Crippen LogP contribution is 2.06. The monoisotopic (exact) mass is 186 g/mol. The van der Waals surface area contributed by atoms with Gasteiger partial charge in [-0.15, -0.1) is 0 Å². The van der Waals surface area contributed by atoms with Crippen molar-refractivity contribution < 1.29 is 0 Å². The molecule has 1 aliphatic rings. The largest absolute Gasteiger partial charge is 0.369 e. The molecular weight excluding hydrogens is 172 g/mol. The lowest BCUT2D eigenvalue weighted by molar-refractivity contribution is 0.729. The Morgan fingerprint density at radius 3 is 3.08 bits per heavy atom. The molecule has 0 unspecified atom stereocenters. The molecule has 0 spiro atoms. The van der Waals surface area contributed by atoms with Crippen LogP contribution in [0.2, 0.25) is 0 Å². The predicted octanol–water partition coefficient (Wildman–Crippen LogP) is 2.30. The number of rotatable bonds is 2. The summed E-state index contributed by atoms with van der Waals surface area (Å²) >= 11 is 5.63. The lowest BCUT2D eigenvalue weighted by atomic mass is 10.2. The Morgan fingerprint density at radius 1 is 1.50 bits per heavy atom. The van der Waals surface area contributed by atoms with E-state index in [9.17, 15) is 0 Å². The highest BCUT2D eigenvalue weighted by Gasteiger charge is 2.02. The Bertz CT molecular complexity index is 187. The first kappa shape index (κ1) is 9.59. The normalized spacial score (nSPS) is 17.9. The summed E-state index contributed by atoms with van der Waals surface area (Å²) in [5.74, 6) is 1.09. The summed E-state index contributed by atoms with van der Waals surface area (Å²) in [5.41, 5.74) is 0. The molecule has 0 aromatic carbocycles. The van der Waals surface area contributed by atoms with Gasteiger partial charge >= 0.3 is 0 Å². The minimum Gasteiger partial charge on any atom is -0.369 e. The zero-order valence-electron chi connectivity index (χ0n) is 7.27. The summed E-state index contributed by atoms with van der Waals surface area (Å²) in [5, 5.41) is 3.82. The zero-order valence-corrected chi connectivity index (χ0v) is 8.03. The van der Waals surface area contributed by atoms with Gasteiger partial charge in [-0.2, -0.15) is 0 Å². The van der Waals surface area contributed by atoms with Crippen LogP contribution >= 0.6 is 11.6 Å². The van der Waals surface area contributed by atoms with E-state index in [0.717, 1.165) is 18.8 Å². The number of halogens is 1. The van der Waals surface area contributed by atoms with E-state index in [1.165, 1.54) is 19.3 Å². The zero-order chi connectivity index (χ0) is 8.81. The molecule has 68 valence electrons. The third-order valence-corrected chi connectivity index (χ3v) is 1.99. The second-order valence-corrected chi connectivity index (χ2v) is 3.54. The van der Waals surface area contributed by atoms with E-state index < -0.39 is 0 Å². The van der Waals surface area contributed by atoms with Gasteiger partial charge in [-0.05, 0) is 12.8 Å². The quantitative estimate of drug-likeness (QED) is 0.703. The van der Waals surface area contributed by atoms with Crippen molar-refractivity contribution in [3.63, 3.8) is 0 Å². The van der Waals surface area contributed by atoms with E-state index in [-0.39, 0.29) is 0 Å². The van der Waals surface area contributed by atoms with Crippen LogP contribution in [0, 0.1) is 0 Å². The van der Waals surface area contributed by atoms with Crippen molar-refractivity contribution in [2.75, 3.05) is 13.1 Å². The number of hydrogen-bond donors (Lipinski definition) is 1. The van der Waals surface area contributed by atoms with Gasteiger partial charge in [0.05, 0.1) is 12.4 Å². The topological polar surface area (TPSA) is 24.4 Å². The van der Waals surface area contributed by atoms with Crippen molar-refractivity contribution in [2.45, 2.75) is 25.7 Å². The first-order chi connectivity index (χ1) is 5.79. The molecule has 0 fully saturated rings. The molecule has 0 aromatic heterocycles. The fraction of sp³-hybridized carbons (Fsp3) is 0.667. The van der Waals surface area contributed by atoms with Crippen molar-refractivity contribution in [3.05, 3.63) is 11.6 Å². The summed E-state index contributed by atoms with van der Waals surface area (Å²) in [4.78, 5) is 4.40. The molecule has 2 nitrogen and oxygen atoms in total. The van der Waals surface area contributed by atoms with E-state index in [1.54, 1.807) is 0 Å². The van der Waals surface area contributed by atoms with E-state index in [0.29, 0.717) is 11.6 Å². The van der Waals surface area contributed by atoms with E-state index in [4.69, 9.17) is 11.6 Å². The molecule has 0 aromatic rings. The van der Waals surface area contributed by atoms with Crippen molar-refractivity contribution in [3.8, 4) is 0 Å². The summed E-state index contributed by atoms with van der Waals surface area (Å²) in [7, 11) is 0. The van der Waals surface area contributed by atoms with Gasteiger partial charge in [0.1, 0.15) is 0 Å². The van der Waals surface area contributed by atoms with Gasteiger partial charge in [-0.1, -0.05) is 24.6 Å². The standard InChI is InChI=1S/C9H15ClN2/c1-8(10)7-12-9-5-3-2-4-6-11-9/h1-7H2,(H,11,12). The number of aliphatic imine (C=N–C) groups is 1. The van der Waals surface area contributed by atoms with Gasteiger partial charge in [0, 0.05) is 18.0 Å². The lowest BCUT2D eigenvalue weighted by Crippen LogP contribution is -2.24. The number of nitrogens with zero attached hydrogens (tertiary/aromatic N) is 1. The van der Waals surface area contributed by atoms with Crippen LogP contribution in [-0.4, -0.2) is 18.9 Å². The molecule has 1 rings (SSSR count). The fourth-order valence-electron chi connectivity index (χ4n) is 1.22. The Kier molecular flexibility index (Phi) is 4.15. The number of hydrogen-bond acceptors (Lipinski definition) is 2. The van der Waals surface area contributed by atoms with E-state index >= 15 is 0 Å². The van der Waals surface area contributed by atoms with Crippen molar-refractivity contribution >= 4 is 17.4 Å². The maximum atomic E-state index is 5.63. The highest BCUT2D eigenvalue weighted by molar-refractivity contribution is 6.29. The maximum absolute atomic E-state index is 5.63. The summed E-state index contributed by atoms with van der Waals surface area (Å²) in [6.07, 6.45) is 4.80. The third-order valence-electron chi connectivity index (χ3n) is 1.86. The van der Waals surface area contributed by atoms with Crippen LogP contribution in [0.1, 0.15) is 25.7 Å². The fourth-order valence-corrected chi connectivity index (χ4v) is 1.28. The molecule has 3 heteroatoms. The smallest absolute Gasteiger partial charge is 0.0965 e. The molecule has 1 aliphatic heterocycles. The van der Waals surface area contributed by atoms with Crippen LogP contribution < -0.4 is 5.32 Å². The Hall–Kier alpha value is -0.500. The van der Waals surface area contributed by atoms with Gasteiger partial charge in [0.25, 0.3) is 0 Å². The molecule has 1 N–H and O–H groups in total. The maximum Gasteiger partial charge on any atom is 0.0965 e. The molecule has 0 bridgehead atoms. The predicted molar refractivity (Wildman–Crippen MR) is 53.8 cm³/mol. The van der Waals surface area contributed by atoms with Gasteiger partial charge in [-0.25, -0.2) is 0 Å².